The van der Waals surface area contributed by atoms with Gasteiger partial charge in [-0.15, -0.1) is 0 Å². The Bertz CT molecular complexity index is 595. The van der Waals surface area contributed by atoms with Gasteiger partial charge in [-0.05, 0) is 48.1 Å². The fraction of sp³-hybridized carbons (Fsp3) is 0.294. The Balaban J connectivity index is 1.65. The Morgan fingerprint density at radius 1 is 1.00 bits per heavy atom. The maximum absolute atomic E-state index is 9.60. The van der Waals surface area contributed by atoms with Gasteiger partial charge in [0, 0.05) is 12.6 Å². The second-order valence-corrected chi connectivity index (χ2v) is 5.42. The number of phenolic OH excluding ortho intramolecular Hbond substituents is 2. The van der Waals surface area contributed by atoms with E-state index in [1.165, 1.54) is 5.56 Å². The predicted octanol–water partition coefficient (Wildman–Crippen LogP) is 2.74. The van der Waals surface area contributed by atoms with Crippen LogP contribution in [0.5, 0.6) is 11.5 Å². The molecule has 3 rings (SSSR count). The molecule has 0 aromatic heterocycles. The van der Waals surface area contributed by atoms with Gasteiger partial charge in [0.05, 0.1) is 0 Å². The summed E-state index contributed by atoms with van der Waals surface area (Å²) in [4.78, 5) is 0. The molecule has 0 bridgehead atoms. The fourth-order valence-corrected chi connectivity index (χ4v) is 2.80. The number of hydrogen-bond donors (Lipinski definition) is 3. The van der Waals surface area contributed by atoms with E-state index in [0.717, 1.165) is 36.9 Å². The number of nitrogens with one attached hydrogen (secondary N) is 1. The van der Waals surface area contributed by atoms with Crippen molar-refractivity contribution in [2.75, 3.05) is 0 Å². The molecule has 3 nitrogen and oxygen atoms in total. The van der Waals surface area contributed by atoms with Gasteiger partial charge in [0.1, 0.15) is 0 Å². The third-order valence-corrected chi connectivity index (χ3v) is 3.97. The number of aryl methyl sites for hydroxylation is 1. The van der Waals surface area contributed by atoms with E-state index in [1.54, 1.807) is 12.1 Å². The Morgan fingerprint density at radius 3 is 2.45 bits per heavy atom. The normalized spacial score (nSPS) is 17.7. The van der Waals surface area contributed by atoms with Crippen molar-refractivity contribution in [2.24, 2.45) is 0 Å². The minimum atomic E-state index is -0.0340. The minimum absolute atomic E-state index is 0.0209. The van der Waals surface area contributed by atoms with E-state index in [4.69, 9.17) is 0 Å². The quantitative estimate of drug-likeness (QED) is 0.751. The SMILES string of the molecule is Oc1cc2c(cc1O)CC(CCc1ccccc1)NC2. The molecule has 1 aliphatic heterocycles. The molecule has 2 aromatic carbocycles. The molecule has 0 saturated carbocycles. The zero-order valence-electron chi connectivity index (χ0n) is 11.3. The first kappa shape index (κ1) is 13.0. The number of hydrogen-bond acceptors (Lipinski definition) is 3. The Hall–Kier alpha value is -2.00. The van der Waals surface area contributed by atoms with Gasteiger partial charge in [-0.25, -0.2) is 0 Å². The van der Waals surface area contributed by atoms with Crippen LogP contribution in [0.2, 0.25) is 0 Å². The molecule has 1 unspecified atom stereocenters. The second-order valence-electron chi connectivity index (χ2n) is 5.42. The van der Waals surface area contributed by atoms with Crippen LogP contribution in [0.1, 0.15) is 23.1 Å². The molecule has 20 heavy (non-hydrogen) atoms. The fourth-order valence-electron chi connectivity index (χ4n) is 2.80. The standard InChI is InChI=1S/C17H19NO2/c19-16-9-13-8-15(18-11-14(13)10-17(16)20)7-6-12-4-2-1-3-5-12/h1-5,9-10,15,18-20H,6-8,11H2. The molecule has 3 N–H and O–H groups in total. The Morgan fingerprint density at radius 2 is 1.70 bits per heavy atom. The van der Waals surface area contributed by atoms with Gasteiger partial charge in [0.2, 0.25) is 0 Å². The molecule has 0 aliphatic carbocycles. The van der Waals surface area contributed by atoms with Crippen molar-refractivity contribution in [2.45, 2.75) is 31.8 Å². The summed E-state index contributed by atoms with van der Waals surface area (Å²) in [6.07, 6.45) is 3.03. The highest BCUT2D eigenvalue weighted by Gasteiger charge is 2.19. The topological polar surface area (TPSA) is 52.5 Å². The zero-order valence-corrected chi connectivity index (χ0v) is 11.3. The summed E-state index contributed by atoms with van der Waals surface area (Å²) >= 11 is 0. The summed E-state index contributed by atoms with van der Waals surface area (Å²) in [6.45, 7) is 0.753. The van der Waals surface area contributed by atoms with Crippen LogP contribution in [-0.4, -0.2) is 16.3 Å². The molecule has 2 aromatic rings. The largest absolute Gasteiger partial charge is 0.504 e. The van der Waals surface area contributed by atoms with E-state index in [1.807, 2.05) is 6.07 Å². The van der Waals surface area contributed by atoms with Crippen LogP contribution >= 0.6 is 0 Å². The molecule has 0 amide bonds. The third kappa shape index (κ3) is 2.78. The number of aromatic hydroxyl groups is 2. The molecule has 1 aliphatic rings. The van der Waals surface area contributed by atoms with Gasteiger partial charge in [-0.2, -0.15) is 0 Å². The molecule has 1 heterocycles. The van der Waals surface area contributed by atoms with Crippen LogP contribution in [0, 0.1) is 0 Å². The number of phenols is 2. The average molecular weight is 269 g/mol. The van der Waals surface area contributed by atoms with Crippen molar-refractivity contribution in [3.05, 3.63) is 59.2 Å². The lowest BCUT2D eigenvalue weighted by molar-refractivity contribution is 0.396. The lowest BCUT2D eigenvalue weighted by atomic mass is 9.92. The number of fused-ring (bicyclic) bond motifs is 1. The first-order chi connectivity index (χ1) is 9.72. The van der Waals surface area contributed by atoms with Crippen molar-refractivity contribution in [1.82, 2.24) is 5.32 Å². The molecule has 104 valence electrons. The lowest BCUT2D eigenvalue weighted by Gasteiger charge is -2.26. The van der Waals surface area contributed by atoms with E-state index < -0.39 is 0 Å². The van der Waals surface area contributed by atoms with E-state index in [0.29, 0.717) is 6.04 Å². The number of rotatable bonds is 3. The summed E-state index contributed by atoms with van der Waals surface area (Å²) in [6, 6.07) is 14.3. The highest BCUT2D eigenvalue weighted by molar-refractivity contribution is 5.46. The lowest BCUT2D eigenvalue weighted by Crippen LogP contribution is -2.35. The molecular formula is C17H19NO2. The van der Waals surface area contributed by atoms with Crippen LogP contribution in [0.25, 0.3) is 0 Å². The van der Waals surface area contributed by atoms with Crippen LogP contribution in [0.15, 0.2) is 42.5 Å². The van der Waals surface area contributed by atoms with Crippen molar-refractivity contribution in [3.63, 3.8) is 0 Å². The third-order valence-electron chi connectivity index (χ3n) is 3.97. The van der Waals surface area contributed by atoms with Crippen LogP contribution < -0.4 is 5.32 Å². The molecule has 0 spiro atoms. The summed E-state index contributed by atoms with van der Waals surface area (Å²) in [5.41, 5.74) is 3.57. The first-order valence-corrected chi connectivity index (χ1v) is 7.03. The summed E-state index contributed by atoms with van der Waals surface area (Å²) in [7, 11) is 0. The number of benzene rings is 2. The van der Waals surface area contributed by atoms with Crippen molar-refractivity contribution < 1.29 is 10.2 Å². The summed E-state index contributed by atoms with van der Waals surface area (Å²) < 4.78 is 0. The second kappa shape index (κ2) is 5.55. The van der Waals surface area contributed by atoms with Gasteiger partial charge in [-0.3, -0.25) is 0 Å². The highest BCUT2D eigenvalue weighted by Crippen LogP contribution is 2.31. The molecule has 0 radical (unpaired) electrons. The molecule has 0 fully saturated rings. The first-order valence-electron chi connectivity index (χ1n) is 7.03. The van der Waals surface area contributed by atoms with Crippen LogP contribution in [0.3, 0.4) is 0 Å². The summed E-state index contributed by atoms with van der Waals surface area (Å²) in [5.74, 6) is -0.0549. The smallest absolute Gasteiger partial charge is 0.157 e. The monoisotopic (exact) mass is 269 g/mol. The zero-order chi connectivity index (χ0) is 13.9. The maximum atomic E-state index is 9.60. The van der Waals surface area contributed by atoms with Gasteiger partial charge >= 0.3 is 0 Å². The molecule has 0 saturated heterocycles. The van der Waals surface area contributed by atoms with Gasteiger partial charge in [0.25, 0.3) is 0 Å². The van der Waals surface area contributed by atoms with E-state index >= 15 is 0 Å². The van der Waals surface area contributed by atoms with Crippen molar-refractivity contribution in [3.8, 4) is 11.5 Å². The average Bonchev–Trinajstić information content (AvgIpc) is 2.47. The predicted molar refractivity (Wildman–Crippen MR) is 78.9 cm³/mol. The highest BCUT2D eigenvalue weighted by atomic mass is 16.3. The Labute approximate surface area is 118 Å². The van der Waals surface area contributed by atoms with Gasteiger partial charge in [0.15, 0.2) is 11.5 Å². The van der Waals surface area contributed by atoms with Gasteiger partial charge in [-0.1, -0.05) is 30.3 Å². The molecule has 1 atom stereocenters. The van der Waals surface area contributed by atoms with E-state index in [2.05, 4.69) is 29.6 Å². The molecule has 3 heteroatoms. The van der Waals surface area contributed by atoms with Crippen molar-refractivity contribution in [1.29, 1.82) is 0 Å². The van der Waals surface area contributed by atoms with E-state index in [9.17, 15) is 10.2 Å². The van der Waals surface area contributed by atoms with Crippen LogP contribution in [0.4, 0.5) is 0 Å². The maximum Gasteiger partial charge on any atom is 0.157 e. The van der Waals surface area contributed by atoms with Crippen LogP contribution in [-0.2, 0) is 19.4 Å². The van der Waals surface area contributed by atoms with E-state index in [-0.39, 0.29) is 11.5 Å². The summed E-state index contributed by atoms with van der Waals surface area (Å²) in [5, 5.41) is 22.6. The van der Waals surface area contributed by atoms with Crippen molar-refractivity contribution >= 4 is 0 Å². The Kier molecular flexibility index (Phi) is 3.61. The van der Waals surface area contributed by atoms with Gasteiger partial charge < -0.3 is 15.5 Å². The molecular weight excluding hydrogens is 250 g/mol. The minimum Gasteiger partial charge on any atom is -0.504 e.